The lowest BCUT2D eigenvalue weighted by Crippen LogP contribution is -1.88. The molecule has 0 radical (unpaired) electrons. The van der Waals surface area contributed by atoms with Crippen molar-refractivity contribution in [3.05, 3.63) is 0 Å². The van der Waals surface area contributed by atoms with Gasteiger partial charge in [-0.25, -0.2) is 9.79 Å². The Morgan fingerprint density at radius 2 is 0.535 bits per heavy atom. The van der Waals surface area contributed by atoms with Gasteiger partial charge in [-0.05, 0) is 12.8 Å². The van der Waals surface area contributed by atoms with Crippen LogP contribution in [0.5, 0.6) is 0 Å². The average molecular weight is 628 g/mol. The zero-order chi connectivity index (χ0) is 31.4. The van der Waals surface area contributed by atoms with Crippen LogP contribution in [0.25, 0.3) is 0 Å². The predicted molar refractivity (Wildman–Crippen MR) is 187 cm³/mol. The fraction of sp³-hybridized carbons (Fsp3) is 0.973. The largest absolute Gasteiger partial charge is 0.325 e. The van der Waals surface area contributed by atoms with E-state index in [2.05, 4.69) is 4.99 Å². The van der Waals surface area contributed by atoms with Crippen LogP contribution < -0.4 is 0 Å². The van der Waals surface area contributed by atoms with Gasteiger partial charge in [-0.3, -0.25) is 4.57 Å². The van der Waals surface area contributed by atoms with E-state index in [1.54, 1.807) is 6.08 Å². The first-order chi connectivity index (χ1) is 21.1. The molecule has 256 valence electrons. The zero-order valence-electron chi connectivity index (χ0n) is 28.6. The summed E-state index contributed by atoms with van der Waals surface area (Å²) in [6.45, 7) is 0.661. The summed E-state index contributed by atoms with van der Waals surface area (Å²) < 4.78 is 10.8. The standard InChI is InChI=1S/C37H74NO4P/c39-37-38-35-33-31-29-27-25-23-21-19-17-15-13-11-9-7-5-3-1-2-4-6-8-10-12-14-16-18-20-22-24-26-28-30-32-34-36-43(40,41)42/h1-36H2,(H2,40,41,42). The van der Waals surface area contributed by atoms with E-state index in [1.165, 1.54) is 193 Å². The molecule has 0 atom stereocenters. The first-order valence-electron chi connectivity index (χ1n) is 19.1. The number of hydrogen-bond acceptors (Lipinski definition) is 3. The Labute approximate surface area is 268 Å². The van der Waals surface area contributed by atoms with Crippen LogP contribution in [-0.4, -0.2) is 28.6 Å². The summed E-state index contributed by atoms with van der Waals surface area (Å²) in [4.78, 5) is 31.3. The lowest BCUT2D eigenvalue weighted by atomic mass is 10.0. The molecule has 0 heterocycles. The molecule has 0 fully saturated rings. The van der Waals surface area contributed by atoms with Crippen LogP contribution in [0.4, 0.5) is 0 Å². The number of hydrogen-bond donors (Lipinski definition) is 2. The van der Waals surface area contributed by atoms with Crippen molar-refractivity contribution in [2.75, 3.05) is 12.7 Å². The molecular weight excluding hydrogens is 553 g/mol. The van der Waals surface area contributed by atoms with Gasteiger partial charge in [-0.15, -0.1) is 0 Å². The third-order valence-electron chi connectivity index (χ3n) is 9.03. The molecule has 2 N–H and O–H groups in total. The van der Waals surface area contributed by atoms with Crippen LogP contribution in [0.15, 0.2) is 4.99 Å². The van der Waals surface area contributed by atoms with Gasteiger partial charge in [-0.1, -0.05) is 205 Å². The van der Waals surface area contributed by atoms with Crippen molar-refractivity contribution in [1.82, 2.24) is 0 Å². The molecule has 0 aliphatic rings. The van der Waals surface area contributed by atoms with Crippen LogP contribution in [-0.2, 0) is 9.36 Å². The van der Waals surface area contributed by atoms with Gasteiger partial charge in [0.05, 0.1) is 6.54 Å². The SMILES string of the molecule is O=C=NCCCCCCCCCCCCCCCCCCCCCCCCCCCCCCCCCCCCP(=O)(O)O. The van der Waals surface area contributed by atoms with Crippen molar-refractivity contribution in [2.45, 2.75) is 218 Å². The molecule has 0 aromatic rings. The van der Waals surface area contributed by atoms with Crippen molar-refractivity contribution in [3.8, 4) is 0 Å². The molecule has 0 aromatic heterocycles. The summed E-state index contributed by atoms with van der Waals surface area (Å²) in [6.07, 6.45) is 47.3. The number of isocyanates is 1. The van der Waals surface area contributed by atoms with Crippen LogP contribution in [0.2, 0.25) is 0 Å². The summed E-state index contributed by atoms with van der Waals surface area (Å²) >= 11 is 0. The highest BCUT2D eigenvalue weighted by molar-refractivity contribution is 7.51. The first-order valence-corrected chi connectivity index (χ1v) is 20.9. The van der Waals surface area contributed by atoms with Gasteiger partial charge in [-0.2, -0.15) is 0 Å². The maximum atomic E-state index is 10.8. The minimum Gasteiger partial charge on any atom is -0.324 e. The second kappa shape index (κ2) is 36.0. The second-order valence-electron chi connectivity index (χ2n) is 13.4. The molecule has 0 bridgehead atoms. The molecule has 0 spiro atoms. The Bertz CT molecular complexity index is 632. The summed E-state index contributed by atoms with van der Waals surface area (Å²) in [5.74, 6) is 0. The minimum atomic E-state index is -3.78. The number of carbonyl (C=O) groups excluding carboxylic acids is 1. The highest BCUT2D eigenvalue weighted by atomic mass is 31.2. The fourth-order valence-corrected chi connectivity index (χ4v) is 6.85. The van der Waals surface area contributed by atoms with Crippen LogP contribution in [0.3, 0.4) is 0 Å². The van der Waals surface area contributed by atoms with Gasteiger partial charge >= 0.3 is 7.60 Å². The molecule has 0 aliphatic carbocycles. The Hall–Kier alpha value is -0.470. The highest BCUT2D eigenvalue weighted by Gasteiger charge is 2.10. The van der Waals surface area contributed by atoms with E-state index in [4.69, 9.17) is 9.79 Å². The maximum absolute atomic E-state index is 10.8. The quantitative estimate of drug-likeness (QED) is 0.0310. The molecule has 5 nitrogen and oxygen atoms in total. The van der Waals surface area contributed by atoms with E-state index >= 15 is 0 Å². The lowest BCUT2D eigenvalue weighted by molar-refractivity contribution is 0.370. The Balaban J connectivity index is 3.06. The summed E-state index contributed by atoms with van der Waals surface area (Å²) in [5.41, 5.74) is 0. The third kappa shape index (κ3) is 41.5. The topological polar surface area (TPSA) is 87.0 Å². The Morgan fingerprint density at radius 1 is 0.349 bits per heavy atom. The van der Waals surface area contributed by atoms with E-state index in [9.17, 15) is 9.36 Å². The molecule has 0 unspecified atom stereocenters. The Kier molecular flexibility index (Phi) is 35.6. The summed E-state index contributed by atoms with van der Waals surface area (Å²) in [7, 11) is -3.78. The van der Waals surface area contributed by atoms with Crippen molar-refractivity contribution >= 4 is 13.7 Å². The predicted octanol–water partition coefficient (Wildman–Crippen LogP) is 12.8. The van der Waals surface area contributed by atoms with Crippen molar-refractivity contribution in [1.29, 1.82) is 0 Å². The van der Waals surface area contributed by atoms with E-state index in [0.717, 1.165) is 19.3 Å². The van der Waals surface area contributed by atoms with Gasteiger partial charge in [0, 0.05) is 6.16 Å². The van der Waals surface area contributed by atoms with Crippen molar-refractivity contribution in [3.63, 3.8) is 0 Å². The molecule has 0 aromatic carbocycles. The maximum Gasteiger partial charge on any atom is 0.325 e. The molecular formula is C37H74NO4P. The molecule has 0 aliphatic heterocycles. The van der Waals surface area contributed by atoms with Gasteiger partial charge in [0.15, 0.2) is 0 Å². The zero-order valence-corrected chi connectivity index (χ0v) is 29.5. The number of rotatable bonds is 37. The monoisotopic (exact) mass is 628 g/mol. The van der Waals surface area contributed by atoms with E-state index < -0.39 is 7.60 Å². The van der Waals surface area contributed by atoms with Crippen molar-refractivity contribution in [2.24, 2.45) is 4.99 Å². The van der Waals surface area contributed by atoms with Crippen LogP contribution in [0.1, 0.15) is 218 Å². The molecule has 0 saturated heterocycles. The first kappa shape index (κ1) is 42.5. The van der Waals surface area contributed by atoms with Crippen LogP contribution in [0, 0.1) is 0 Å². The van der Waals surface area contributed by atoms with Gasteiger partial charge in [0.2, 0.25) is 6.08 Å². The normalized spacial score (nSPS) is 11.7. The van der Waals surface area contributed by atoms with E-state index in [-0.39, 0.29) is 6.16 Å². The highest BCUT2D eigenvalue weighted by Crippen LogP contribution is 2.35. The number of unbranched alkanes of at least 4 members (excludes halogenated alkanes) is 33. The van der Waals surface area contributed by atoms with Gasteiger partial charge in [0.25, 0.3) is 0 Å². The third-order valence-corrected chi connectivity index (χ3v) is 9.93. The molecule has 0 saturated carbocycles. The number of aliphatic imine (C=N–C) groups is 1. The van der Waals surface area contributed by atoms with E-state index in [1.807, 2.05) is 0 Å². The Morgan fingerprint density at radius 3 is 0.721 bits per heavy atom. The summed E-state index contributed by atoms with van der Waals surface area (Å²) in [6, 6.07) is 0. The van der Waals surface area contributed by atoms with Gasteiger partial charge < -0.3 is 9.79 Å². The smallest absolute Gasteiger partial charge is 0.324 e. The molecule has 0 amide bonds. The van der Waals surface area contributed by atoms with Crippen LogP contribution >= 0.6 is 7.60 Å². The minimum absolute atomic E-state index is 0.0571. The van der Waals surface area contributed by atoms with Gasteiger partial charge in [0.1, 0.15) is 0 Å². The molecule has 0 rings (SSSR count). The average Bonchev–Trinajstić information content (AvgIpc) is 2.98. The second-order valence-corrected chi connectivity index (χ2v) is 15.2. The lowest BCUT2D eigenvalue weighted by Gasteiger charge is -2.05. The fourth-order valence-electron chi connectivity index (χ4n) is 6.21. The summed E-state index contributed by atoms with van der Waals surface area (Å²) in [5, 5.41) is 0. The van der Waals surface area contributed by atoms with E-state index in [0.29, 0.717) is 13.0 Å². The molecule has 43 heavy (non-hydrogen) atoms. The molecule has 6 heteroatoms. The van der Waals surface area contributed by atoms with Crippen molar-refractivity contribution < 1.29 is 19.1 Å². The number of nitrogens with zero attached hydrogens (tertiary/aromatic N) is 1.